The van der Waals surface area contributed by atoms with E-state index in [2.05, 4.69) is 4.98 Å². The summed E-state index contributed by atoms with van der Waals surface area (Å²) < 4.78 is 12.0. The van der Waals surface area contributed by atoms with Crippen molar-refractivity contribution >= 4 is 0 Å². The highest BCUT2D eigenvalue weighted by Gasteiger charge is 2.27. The van der Waals surface area contributed by atoms with Crippen molar-refractivity contribution in [3.8, 4) is 0 Å². The zero-order chi connectivity index (χ0) is 11.7. The van der Waals surface area contributed by atoms with Crippen LogP contribution in [0.3, 0.4) is 0 Å². The SMILES string of the molecule is COC1COC(n2cc(C)c(=O)[nH]c2=O)C1. The van der Waals surface area contributed by atoms with Crippen LogP contribution in [0.25, 0.3) is 0 Å². The number of nitrogens with zero attached hydrogens (tertiary/aromatic N) is 1. The Morgan fingerprint density at radius 2 is 2.31 bits per heavy atom. The molecule has 0 aliphatic carbocycles. The molecule has 0 aromatic carbocycles. The summed E-state index contributed by atoms with van der Waals surface area (Å²) in [6, 6.07) is 0. The van der Waals surface area contributed by atoms with Gasteiger partial charge >= 0.3 is 5.69 Å². The minimum atomic E-state index is -0.447. The Labute approximate surface area is 91.8 Å². The molecule has 1 aromatic rings. The van der Waals surface area contributed by atoms with Crippen LogP contribution in [0.2, 0.25) is 0 Å². The lowest BCUT2D eigenvalue weighted by Gasteiger charge is -2.12. The summed E-state index contributed by atoms with van der Waals surface area (Å²) in [4.78, 5) is 25.0. The molecule has 6 heteroatoms. The minimum absolute atomic E-state index is 0.00383. The Bertz CT molecular complexity index is 490. The number of nitrogens with one attached hydrogen (secondary N) is 1. The van der Waals surface area contributed by atoms with Crippen molar-refractivity contribution in [2.75, 3.05) is 13.7 Å². The van der Waals surface area contributed by atoms with Crippen LogP contribution in [-0.2, 0) is 9.47 Å². The number of aromatic amines is 1. The summed E-state index contributed by atoms with van der Waals surface area (Å²) in [5, 5.41) is 0. The van der Waals surface area contributed by atoms with Crippen LogP contribution in [0, 0.1) is 6.92 Å². The van der Waals surface area contributed by atoms with Gasteiger partial charge in [0.1, 0.15) is 6.23 Å². The van der Waals surface area contributed by atoms with Crippen LogP contribution in [0.4, 0.5) is 0 Å². The predicted molar refractivity (Wildman–Crippen MR) is 56.5 cm³/mol. The Kier molecular flexibility index (Phi) is 2.93. The molecule has 0 spiro atoms. The van der Waals surface area contributed by atoms with Crippen molar-refractivity contribution in [3.05, 3.63) is 32.6 Å². The molecule has 1 aromatic heterocycles. The van der Waals surface area contributed by atoms with Gasteiger partial charge in [0.15, 0.2) is 0 Å². The first kappa shape index (κ1) is 11.1. The summed E-state index contributed by atoms with van der Waals surface area (Å²) in [5.74, 6) is 0. The van der Waals surface area contributed by atoms with Crippen LogP contribution in [0.5, 0.6) is 0 Å². The zero-order valence-corrected chi connectivity index (χ0v) is 9.23. The average molecular weight is 226 g/mol. The largest absolute Gasteiger partial charge is 0.379 e. The van der Waals surface area contributed by atoms with Gasteiger partial charge in [-0.1, -0.05) is 0 Å². The maximum atomic E-state index is 11.6. The van der Waals surface area contributed by atoms with Crippen molar-refractivity contribution in [1.29, 1.82) is 0 Å². The fraction of sp³-hybridized carbons (Fsp3) is 0.600. The quantitative estimate of drug-likeness (QED) is 0.756. The molecule has 2 rings (SSSR count). The lowest BCUT2D eigenvalue weighted by atomic mass is 10.3. The molecule has 2 unspecified atom stereocenters. The monoisotopic (exact) mass is 226 g/mol. The molecule has 88 valence electrons. The van der Waals surface area contributed by atoms with Gasteiger partial charge < -0.3 is 9.47 Å². The molecular weight excluding hydrogens is 212 g/mol. The third kappa shape index (κ3) is 1.94. The Hall–Kier alpha value is -1.40. The molecule has 0 bridgehead atoms. The van der Waals surface area contributed by atoms with Gasteiger partial charge in [-0.25, -0.2) is 4.79 Å². The first-order chi connectivity index (χ1) is 7.61. The summed E-state index contributed by atoms with van der Waals surface area (Å²) in [7, 11) is 1.61. The Morgan fingerprint density at radius 1 is 1.56 bits per heavy atom. The molecule has 1 saturated heterocycles. The fourth-order valence-electron chi connectivity index (χ4n) is 1.74. The number of hydrogen-bond acceptors (Lipinski definition) is 4. The first-order valence-corrected chi connectivity index (χ1v) is 5.08. The topological polar surface area (TPSA) is 73.3 Å². The number of methoxy groups -OCH3 is 1. The minimum Gasteiger partial charge on any atom is -0.379 e. The van der Waals surface area contributed by atoms with Crippen LogP contribution >= 0.6 is 0 Å². The maximum absolute atomic E-state index is 11.6. The van der Waals surface area contributed by atoms with Gasteiger partial charge in [0, 0.05) is 25.3 Å². The molecule has 1 aliphatic rings. The molecule has 16 heavy (non-hydrogen) atoms. The van der Waals surface area contributed by atoms with E-state index in [-0.39, 0.29) is 17.9 Å². The summed E-state index contributed by atoms with van der Waals surface area (Å²) in [6.07, 6.45) is 1.78. The van der Waals surface area contributed by atoms with Gasteiger partial charge in [-0.3, -0.25) is 14.3 Å². The number of aromatic nitrogens is 2. The number of hydrogen-bond donors (Lipinski definition) is 1. The molecule has 1 aliphatic heterocycles. The second kappa shape index (κ2) is 4.23. The van der Waals surface area contributed by atoms with Crippen LogP contribution in [0.15, 0.2) is 15.8 Å². The Balaban J connectivity index is 2.32. The second-order valence-electron chi connectivity index (χ2n) is 3.86. The average Bonchev–Trinajstić information content (AvgIpc) is 2.71. The highest BCUT2D eigenvalue weighted by Crippen LogP contribution is 2.23. The van der Waals surface area contributed by atoms with E-state index < -0.39 is 5.69 Å². The van der Waals surface area contributed by atoms with Gasteiger partial charge in [-0.2, -0.15) is 0 Å². The molecule has 1 N–H and O–H groups in total. The van der Waals surface area contributed by atoms with Crippen molar-refractivity contribution in [3.63, 3.8) is 0 Å². The predicted octanol–water partition coefficient (Wildman–Crippen LogP) is -0.221. The third-order valence-corrected chi connectivity index (χ3v) is 2.73. The smallest absolute Gasteiger partial charge is 0.330 e. The van der Waals surface area contributed by atoms with Crippen LogP contribution in [-0.4, -0.2) is 29.4 Å². The standard InChI is InChI=1S/C10H14N2O4/c1-6-4-12(10(14)11-9(6)13)8-3-7(15-2)5-16-8/h4,7-8H,3,5H2,1-2H3,(H,11,13,14). The number of aryl methyl sites for hydroxylation is 1. The third-order valence-electron chi connectivity index (χ3n) is 2.73. The van der Waals surface area contributed by atoms with Gasteiger partial charge in [0.2, 0.25) is 0 Å². The van der Waals surface area contributed by atoms with E-state index in [0.29, 0.717) is 18.6 Å². The molecule has 0 radical (unpaired) electrons. The molecule has 2 atom stereocenters. The van der Waals surface area contributed by atoms with Gasteiger partial charge in [0.25, 0.3) is 5.56 Å². The zero-order valence-electron chi connectivity index (χ0n) is 9.23. The first-order valence-electron chi connectivity index (χ1n) is 5.08. The lowest BCUT2D eigenvalue weighted by molar-refractivity contribution is 0.0379. The molecular formula is C10H14N2O4. The summed E-state index contributed by atoms with van der Waals surface area (Å²) in [5.41, 5.74) is -0.316. The summed E-state index contributed by atoms with van der Waals surface area (Å²) in [6.45, 7) is 2.11. The van der Waals surface area contributed by atoms with Crippen molar-refractivity contribution in [2.45, 2.75) is 25.7 Å². The van der Waals surface area contributed by atoms with E-state index in [1.165, 1.54) is 10.8 Å². The maximum Gasteiger partial charge on any atom is 0.330 e. The fourth-order valence-corrected chi connectivity index (χ4v) is 1.74. The van der Waals surface area contributed by atoms with Crippen LogP contribution < -0.4 is 11.2 Å². The van der Waals surface area contributed by atoms with E-state index in [9.17, 15) is 9.59 Å². The molecule has 0 amide bonds. The van der Waals surface area contributed by atoms with E-state index in [0.717, 1.165) is 0 Å². The van der Waals surface area contributed by atoms with Crippen molar-refractivity contribution in [1.82, 2.24) is 9.55 Å². The number of ether oxygens (including phenoxy) is 2. The molecule has 0 saturated carbocycles. The van der Waals surface area contributed by atoms with E-state index >= 15 is 0 Å². The lowest BCUT2D eigenvalue weighted by Crippen LogP contribution is -2.33. The number of H-pyrrole nitrogens is 1. The van der Waals surface area contributed by atoms with E-state index in [4.69, 9.17) is 9.47 Å². The van der Waals surface area contributed by atoms with Gasteiger partial charge in [-0.05, 0) is 6.92 Å². The van der Waals surface area contributed by atoms with E-state index in [1.54, 1.807) is 14.0 Å². The van der Waals surface area contributed by atoms with Crippen molar-refractivity contribution < 1.29 is 9.47 Å². The van der Waals surface area contributed by atoms with Gasteiger partial charge in [0.05, 0.1) is 12.7 Å². The molecule has 2 heterocycles. The van der Waals surface area contributed by atoms with Gasteiger partial charge in [-0.15, -0.1) is 0 Å². The van der Waals surface area contributed by atoms with Crippen molar-refractivity contribution in [2.24, 2.45) is 0 Å². The normalized spacial score (nSPS) is 24.9. The molecule has 6 nitrogen and oxygen atoms in total. The van der Waals surface area contributed by atoms with Crippen LogP contribution in [0.1, 0.15) is 18.2 Å². The Morgan fingerprint density at radius 3 is 2.94 bits per heavy atom. The van der Waals surface area contributed by atoms with E-state index in [1.807, 2.05) is 0 Å². The highest BCUT2D eigenvalue weighted by molar-refractivity contribution is 5.01. The highest BCUT2D eigenvalue weighted by atomic mass is 16.6. The molecule has 1 fully saturated rings. The second-order valence-corrected chi connectivity index (χ2v) is 3.86. The number of rotatable bonds is 2. The summed E-state index contributed by atoms with van der Waals surface area (Å²) >= 11 is 0.